The van der Waals surface area contributed by atoms with E-state index >= 15 is 0 Å². The van der Waals surface area contributed by atoms with Crippen molar-refractivity contribution >= 4 is 16.2 Å². The van der Waals surface area contributed by atoms with E-state index in [0.29, 0.717) is 24.5 Å². The van der Waals surface area contributed by atoms with Gasteiger partial charge >= 0.3 is 0 Å². The van der Waals surface area contributed by atoms with Gasteiger partial charge in [-0.2, -0.15) is 4.31 Å². The van der Waals surface area contributed by atoms with E-state index in [-0.39, 0.29) is 5.95 Å². The molecule has 0 bridgehead atoms. The summed E-state index contributed by atoms with van der Waals surface area (Å²) in [5, 5.41) is 2.08. The molecule has 1 aromatic rings. The molecule has 0 atom stereocenters. The van der Waals surface area contributed by atoms with Gasteiger partial charge in [0.05, 0.1) is 26.2 Å². The van der Waals surface area contributed by atoms with Gasteiger partial charge in [-0.05, 0) is 25.2 Å². The number of nitrogens with two attached hydrogens (primary N) is 1. The molecule has 2 rings (SSSR count). The Bertz CT molecular complexity index is 505. The first-order valence-corrected chi connectivity index (χ1v) is 7.24. The molecule has 7 nitrogen and oxygen atoms in total. The molecule has 1 aromatic heterocycles. The van der Waals surface area contributed by atoms with Crippen molar-refractivity contribution in [1.29, 1.82) is 0 Å². The summed E-state index contributed by atoms with van der Waals surface area (Å²) >= 11 is 0. The third-order valence-electron chi connectivity index (χ3n) is 2.66. The Morgan fingerprint density at radius 2 is 1.78 bits per heavy atom. The lowest BCUT2D eigenvalue weighted by atomic mass is 10.4. The van der Waals surface area contributed by atoms with Gasteiger partial charge in [-0.15, -0.1) is 0 Å². The fourth-order valence-electron chi connectivity index (χ4n) is 1.87. The van der Waals surface area contributed by atoms with Gasteiger partial charge in [0.1, 0.15) is 0 Å². The number of quaternary nitrogens is 1. The van der Waals surface area contributed by atoms with Crippen molar-refractivity contribution in [3.05, 3.63) is 22.2 Å². The van der Waals surface area contributed by atoms with Gasteiger partial charge < -0.3 is 15.3 Å². The second-order valence-electron chi connectivity index (χ2n) is 4.28. The van der Waals surface area contributed by atoms with Gasteiger partial charge in [-0.25, -0.2) is 8.42 Å². The average Bonchev–Trinajstić information content (AvgIpc) is 2.28. The number of rotatable bonds is 3. The van der Waals surface area contributed by atoms with Crippen LogP contribution in [0.25, 0.3) is 4.72 Å². The minimum Gasteiger partial charge on any atom is -0.363 e. The van der Waals surface area contributed by atoms with E-state index in [4.69, 9.17) is 0 Å². The quantitative estimate of drug-likeness (QED) is 0.780. The summed E-state index contributed by atoms with van der Waals surface area (Å²) in [6.45, 7) is 6.07. The van der Waals surface area contributed by atoms with Crippen molar-refractivity contribution in [3.63, 3.8) is 0 Å². The van der Waals surface area contributed by atoms with Crippen molar-refractivity contribution in [2.75, 3.05) is 26.2 Å². The molecule has 0 aliphatic carbocycles. The first kappa shape index (κ1) is 13.2. The molecule has 0 radical (unpaired) electrons. The van der Waals surface area contributed by atoms with E-state index in [2.05, 4.69) is 20.0 Å². The van der Waals surface area contributed by atoms with Crippen LogP contribution in [0.15, 0.2) is 6.07 Å². The summed E-state index contributed by atoms with van der Waals surface area (Å²) in [7, 11) is -3.66. The van der Waals surface area contributed by atoms with Crippen LogP contribution in [0, 0.1) is 13.8 Å². The van der Waals surface area contributed by atoms with Crippen LogP contribution in [-0.4, -0.2) is 48.9 Å². The molecule has 1 fully saturated rings. The summed E-state index contributed by atoms with van der Waals surface area (Å²) in [6, 6.07) is 1.78. The molecule has 100 valence electrons. The average molecular weight is 271 g/mol. The second kappa shape index (κ2) is 5.17. The summed E-state index contributed by atoms with van der Waals surface area (Å²) in [5.74, 6) is 0.0158. The Morgan fingerprint density at radius 1 is 1.22 bits per heavy atom. The summed E-state index contributed by atoms with van der Waals surface area (Å²) in [4.78, 5) is 8.05. The molecule has 2 heterocycles. The molecule has 2 N–H and O–H groups in total. The lowest BCUT2D eigenvalue weighted by molar-refractivity contribution is -0.661. The van der Waals surface area contributed by atoms with Crippen LogP contribution in [0.1, 0.15) is 11.4 Å². The monoisotopic (exact) mass is 271 g/mol. The standard InChI is InChI=1S/C10H16N5O2S/c1-8-7-9(2)13-10(12-8)14-18(16,17)15-5-3-11-4-6-15/h7,11H,3-6H2,1-2H3/q-1/p+1. The SMILES string of the molecule is Cc1cc(C)nc([N-]S(=O)(=O)N2CC[NH2+]CC2)n1. The smallest absolute Gasteiger partial charge is 0.268 e. The molecule has 0 unspecified atom stereocenters. The zero-order valence-electron chi connectivity index (χ0n) is 10.5. The molecular formula is C10H17N5O2S. The first-order chi connectivity index (χ1) is 8.47. The van der Waals surface area contributed by atoms with Gasteiger partial charge in [0.25, 0.3) is 10.2 Å². The third-order valence-corrected chi connectivity index (χ3v) is 4.07. The van der Waals surface area contributed by atoms with Crippen molar-refractivity contribution in [3.8, 4) is 0 Å². The maximum absolute atomic E-state index is 12.0. The molecule has 18 heavy (non-hydrogen) atoms. The minimum atomic E-state index is -3.66. The highest BCUT2D eigenvalue weighted by Crippen LogP contribution is 2.20. The molecule has 1 aliphatic rings. The summed E-state index contributed by atoms with van der Waals surface area (Å²) in [6.07, 6.45) is 0. The van der Waals surface area contributed by atoms with Crippen LogP contribution < -0.4 is 5.32 Å². The highest BCUT2D eigenvalue weighted by atomic mass is 32.2. The molecule has 1 saturated heterocycles. The van der Waals surface area contributed by atoms with Gasteiger partial charge in [0.2, 0.25) is 0 Å². The van der Waals surface area contributed by atoms with E-state index < -0.39 is 10.2 Å². The number of aryl methyl sites for hydroxylation is 2. The van der Waals surface area contributed by atoms with Gasteiger partial charge in [-0.3, -0.25) is 4.72 Å². The normalized spacial score (nSPS) is 17.7. The topological polar surface area (TPSA) is 93.9 Å². The van der Waals surface area contributed by atoms with Gasteiger partial charge in [-0.1, -0.05) is 6.07 Å². The van der Waals surface area contributed by atoms with Gasteiger partial charge in [0, 0.05) is 5.95 Å². The van der Waals surface area contributed by atoms with Crippen molar-refractivity contribution in [1.82, 2.24) is 14.3 Å². The van der Waals surface area contributed by atoms with Crippen LogP contribution >= 0.6 is 0 Å². The fourth-order valence-corrected chi connectivity index (χ4v) is 2.94. The lowest BCUT2D eigenvalue weighted by Crippen LogP contribution is -2.89. The summed E-state index contributed by atoms with van der Waals surface area (Å²) < 4.78 is 29.2. The molecule has 0 amide bonds. The molecule has 0 saturated carbocycles. The van der Waals surface area contributed by atoms with E-state index in [0.717, 1.165) is 13.1 Å². The Labute approximate surface area is 107 Å². The first-order valence-electron chi connectivity index (χ1n) is 5.84. The number of nitrogens with zero attached hydrogens (tertiary/aromatic N) is 4. The molecular weight excluding hydrogens is 254 g/mol. The maximum atomic E-state index is 12.0. The highest BCUT2D eigenvalue weighted by Gasteiger charge is 2.23. The number of hydrogen-bond donors (Lipinski definition) is 1. The predicted octanol–water partition coefficient (Wildman–Crippen LogP) is -0.778. The van der Waals surface area contributed by atoms with Crippen LogP contribution in [0.3, 0.4) is 0 Å². The largest absolute Gasteiger partial charge is 0.363 e. The van der Waals surface area contributed by atoms with E-state index in [1.165, 1.54) is 4.31 Å². The fraction of sp³-hybridized carbons (Fsp3) is 0.600. The Hall–Kier alpha value is -1.25. The van der Waals surface area contributed by atoms with Crippen LogP contribution in [0.4, 0.5) is 5.95 Å². The lowest BCUT2D eigenvalue weighted by Gasteiger charge is -2.26. The Balaban J connectivity index is 2.16. The molecule has 1 aliphatic heterocycles. The Morgan fingerprint density at radius 3 is 2.33 bits per heavy atom. The van der Waals surface area contributed by atoms with Crippen LogP contribution in [0.2, 0.25) is 0 Å². The number of piperazine rings is 1. The van der Waals surface area contributed by atoms with E-state index in [1.54, 1.807) is 19.9 Å². The third kappa shape index (κ3) is 3.15. The van der Waals surface area contributed by atoms with Crippen molar-refractivity contribution in [2.24, 2.45) is 0 Å². The maximum Gasteiger partial charge on any atom is 0.268 e. The van der Waals surface area contributed by atoms with Gasteiger partial charge in [0.15, 0.2) is 0 Å². The number of aromatic nitrogens is 2. The van der Waals surface area contributed by atoms with Crippen LogP contribution in [0.5, 0.6) is 0 Å². The van der Waals surface area contributed by atoms with Crippen LogP contribution in [-0.2, 0) is 10.2 Å². The van der Waals surface area contributed by atoms with Crippen molar-refractivity contribution < 1.29 is 13.7 Å². The van der Waals surface area contributed by atoms with E-state index in [1.807, 2.05) is 0 Å². The highest BCUT2D eigenvalue weighted by molar-refractivity contribution is 7.92. The molecule has 8 heteroatoms. The predicted molar refractivity (Wildman–Crippen MR) is 66.7 cm³/mol. The minimum absolute atomic E-state index is 0.0158. The second-order valence-corrected chi connectivity index (χ2v) is 5.88. The molecule has 0 aromatic carbocycles. The zero-order chi connectivity index (χ0) is 13.2. The zero-order valence-corrected chi connectivity index (χ0v) is 11.3. The molecule has 0 spiro atoms. The Kier molecular flexibility index (Phi) is 3.79. The van der Waals surface area contributed by atoms with Crippen molar-refractivity contribution in [2.45, 2.75) is 13.8 Å². The summed E-state index contributed by atoms with van der Waals surface area (Å²) in [5.41, 5.74) is 1.42. The number of hydrogen-bond acceptors (Lipinski definition) is 4. The van der Waals surface area contributed by atoms with E-state index in [9.17, 15) is 8.42 Å².